The van der Waals surface area contributed by atoms with Crippen LogP contribution in [0.15, 0.2) is 6.20 Å². The van der Waals surface area contributed by atoms with Crippen molar-refractivity contribution in [2.75, 3.05) is 38.2 Å². The van der Waals surface area contributed by atoms with Gasteiger partial charge in [-0.1, -0.05) is 25.2 Å². The summed E-state index contributed by atoms with van der Waals surface area (Å²) in [5.74, 6) is 0.525. The van der Waals surface area contributed by atoms with Gasteiger partial charge in [0.05, 0.1) is 19.4 Å². The lowest BCUT2D eigenvalue weighted by atomic mass is 10.0. The minimum absolute atomic E-state index is 0.280. The third kappa shape index (κ3) is 5.10. The first-order chi connectivity index (χ1) is 10.4. The fraction of sp³-hybridized carbons (Fsp3) is 0.786. The number of nitrogens with zero attached hydrogens (tertiary/aromatic N) is 2. The maximum absolute atomic E-state index is 12.6. The molecule has 0 saturated carbocycles. The minimum atomic E-state index is -4.32. The average molecular weight is 337 g/mol. The lowest BCUT2D eigenvalue weighted by molar-refractivity contribution is -0.134. The summed E-state index contributed by atoms with van der Waals surface area (Å²) in [6, 6.07) is 0.280. The quantitative estimate of drug-likeness (QED) is 0.864. The number of alkyl halides is 3. The molecule has 1 saturated heterocycles. The van der Waals surface area contributed by atoms with Crippen molar-refractivity contribution in [3.05, 3.63) is 11.1 Å². The molecule has 0 spiro atoms. The van der Waals surface area contributed by atoms with Crippen LogP contribution >= 0.6 is 11.3 Å². The van der Waals surface area contributed by atoms with E-state index in [4.69, 9.17) is 4.74 Å². The lowest BCUT2D eigenvalue weighted by Gasteiger charge is -2.35. The molecule has 4 nitrogen and oxygen atoms in total. The largest absolute Gasteiger partial charge is 0.427 e. The highest BCUT2D eigenvalue weighted by Gasteiger charge is 2.33. The summed E-state index contributed by atoms with van der Waals surface area (Å²) in [4.78, 5) is 5.50. The van der Waals surface area contributed by atoms with Gasteiger partial charge >= 0.3 is 6.18 Å². The molecular weight excluding hydrogens is 315 g/mol. The van der Waals surface area contributed by atoms with Gasteiger partial charge in [0, 0.05) is 25.7 Å². The Hall–Kier alpha value is -0.860. The monoisotopic (exact) mass is 337 g/mol. The van der Waals surface area contributed by atoms with E-state index >= 15 is 0 Å². The van der Waals surface area contributed by atoms with E-state index in [0.29, 0.717) is 42.1 Å². The van der Waals surface area contributed by atoms with Crippen molar-refractivity contribution in [3.8, 4) is 0 Å². The van der Waals surface area contributed by atoms with Gasteiger partial charge in [-0.15, -0.1) is 0 Å². The number of rotatable bonds is 6. The van der Waals surface area contributed by atoms with Crippen LogP contribution in [-0.2, 0) is 10.9 Å². The molecule has 126 valence electrons. The Balaban J connectivity index is 1.93. The number of thiazole rings is 1. The maximum Gasteiger partial charge on any atom is 0.427 e. The zero-order valence-electron chi connectivity index (χ0n) is 12.8. The van der Waals surface area contributed by atoms with Crippen LogP contribution in [0.4, 0.5) is 18.3 Å². The summed E-state index contributed by atoms with van der Waals surface area (Å²) in [6.07, 6.45) is -2.44. The van der Waals surface area contributed by atoms with Crippen molar-refractivity contribution in [1.82, 2.24) is 9.88 Å². The van der Waals surface area contributed by atoms with Gasteiger partial charge < -0.3 is 10.1 Å². The van der Waals surface area contributed by atoms with E-state index in [-0.39, 0.29) is 6.04 Å². The molecule has 1 N–H and O–H groups in total. The highest BCUT2D eigenvalue weighted by Crippen LogP contribution is 2.35. The van der Waals surface area contributed by atoms with Crippen molar-refractivity contribution >= 4 is 16.5 Å². The van der Waals surface area contributed by atoms with Gasteiger partial charge in [-0.05, 0) is 12.3 Å². The highest BCUT2D eigenvalue weighted by molar-refractivity contribution is 7.15. The van der Waals surface area contributed by atoms with Crippen LogP contribution < -0.4 is 5.32 Å². The fourth-order valence-corrected chi connectivity index (χ4v) is 3.23. The van der Waals surface area contributed by atoms with E-state index in [1.165, 1.54) is 0 Å². The second-order valence-electron chi connectivity index (χ2n) is 5.84. The predicted octanol–water partition coefficient (Wildman–Crippen LogP) is 3.32. The van der Waals surface area contributed by atoms with Gasteiger partial charge in [-0.2, -0.15) is 13.2 Å². The van der Waals surface area contributed by atoms with Crippen LogP contribution in [0.1, 0.15) is 25.1 Å². The van der Waals surface area contributed by atoms with E-state index in [1.807, 2.05) is 0 Å². The first-order valence-electron chi connectivity index (χ1n) is 7.45. The molecule has 8 heteroatoms. The number of aromatic nitrogens is 1. The van der Waals surface area contributed by atoms with Crippen molar-refractivity contribution in [1.29, 1.82) is 0 Å². The molecule has 0 aromatic carbocycles. The molecule has 22 heavy (non-hydrogen) atoms. The molecule has 0 bridgehead atoms. The van der Waals surface area contributed by atoms with E-state index in [9.17, 15) is 13.2 Å². The van der Waals surface area contributed by atoms with Crippen LogP contribution in [0, 0.1) is 5.92 Å². The topological polar surface area (TPSA) is 37.4 Å². The first-order valence-corrected chi connectivity index (χ1v) is 8.26. The Morgan fingerprint density at radius 2 is 2.05 bits per heavy atom. The zero-order valence-corrected chi connectivity index (χ0v) is 13.6. The van der Waals surface area contributed by atoms with E-state index in [0.717, 1.165) is 25.7 Å². The predicted molar refractivity (Wildman–Crippen MR) is 81.2 cm³/mol. The van der Waals surface area contributed by atoms with Crippen LogP contribution in [0.2, 0.25) is 0 Å². The molecule has 1 atom stereocenters. The van der Waals surface area contributed by atoms with Crippen LogP contribution in [-0.4, -0.2) is 48.8 Å². The third-order valence-corrected chi connectivity index (χ3v) is 4.58. The van der Waals surface area contributed by atoms with Crippen molar-refractivity contribution in [3.63, 3.8) is 0 Å². The second kappa shape index (κ2) is 7.61. The Labute approximate surface area is 132 Å². The molecule has 1 aliphatic heterocycles. The molecular formula is C14H22F3N3OS. The molecule has 1 unspecified atom stereocenters. The van der Waals surface area contributed by atoms with Crippen molar-refractivity contribution < 1.29 is 17.9 Å². The Morgan fingerprint density at radius 3 is 2.59 bits per heavy atom. The van der Waals surface area contributed by atoms with Gasteiger partial charge in [-0.25, -0.2) is 4.98 Å². The zero-order chi connectivity index (χ0) is 16.2. The van der Waals surface area contributed by atoms with Crippen molar-refractivity contribution in [2.24, 2.45) is 5.92 Å². The number of hydrogen-bond donors (Lipinski definition) is 1. The molecule has 0 radical (unpaired) electrons. The lowest BCUT2D eigenvalue weighted by Crippen LogP contribution is -2.47. The van der Waals surface area contributed by atoms with Crippen LogP contribution in [0.3, 0.4) is 0 Å². The maximum atomic E-state index is 12.6. The normalized spacial score (nSPS) is 18.6. The second-order valence-corrected chi connectivity index (χ2v) is 6.87. The number of anilines is 1. The molecule has 1 aromatic heterocycles. The van der Waals surface area contributed by atoms with Gasteiger partial charge in [0.2, 0.25) is 0 Å². The number of hydrogen-bond acceptors (Lipinski definition) is 5. The summed E-state index contributed by atoms with van der Waals surface area (Å²) >= 11 is 0.657. The summed E-state index contributed by atoms with van der Waals surface area (Å²) in [7, 11) is 0. The molecule has 2 heterocycles. The van der Waals surface area contributed by atoms with Gasteiger partial charge in [0.25, 0.3) is 0 Å². The van der Waals surface area contributed by atoms with E-state index in [2.05, 4.69) is 29.0 Å². The summed E-state index contributed by atoms with van der Waals surface area (Å²) in [6.45, 7) is 8.06. The minimum Gasteiger partial charge on any atom is -0.379 e. The summed E-state index contributed by atoms with van der Waals surface area (Å²) in [5.41, 5.74) is 0. The van der Waals surface area contributed by atoms with Gasteiger partial charge in [-0.3, -0.25) is 4.90 Å². The van der Waals surface area contributed by atoms with E-state index < -0.39 is 11.1 Å². The number of ether oxygens (including phenoxy) is 1. The summed E-state index contributed by atoms with van der Waals surface area (Å²) in [5, 5.41) is 3.39. The van der Waals surface area contributed by atoms with Crippen LogP contribution in [0.25, 0.3) is 0 Å². The summed E-state index contributed by atoms with van der Waals surface area (Å²) < 4.78 is 43.1. The molecule has 0 amide bonds. The number of nitrogens with one attached hydrogen (secondary N) is 1. The highest BCUT2D eigenvalue weighted by atomic mass is 32.1. The Kier molecular flexibility index (Phi) is 6.05. The van der Waals surface area contributed by atoms with Gasteiger partial charge in [0.15, 0.2) is 5.13 Å². The van der Waals surface area contributed by atoms with E-state index in [1.54, 1.807) is 0 Å². The SMILES string of the molecule is CC(C)CC(CNc1ncc(C(F)(F)F)s1)N1CCOCC1. The number of halogens is 3. The molecule has 1 aromatic rings. The first kappa shape index (κ1) is 17.5. The Bertz CT molecular complexity index is 458. The number of morpholine rings is 1. The van der Waals surface area contributed by atoms with Crippen LogP contribution in [0.5, 0.6) is 0 Å². The third-order valence-electron chi connectivity index (χ3n) is 3.58. The molecule has 2 rings (SSSR count). The molecule has 0 aliphatic carbocycles. The fourth-order valence-electron chi connectivity index (χ4n) is 2.54. The standard InChI is InChI=1S/C14H22F3N3OS/c1-10(2)7-11(20-3-5-21-6-4-20)8-18-13-19-9-12(22-13)14(15,16)17/h9-11H,3-8H2,1-2H3,(H,18,19). The Morgan fingerprint density at radius 1 is 1.36 bits per heavy atom. The van der Waals surface area contributed by atoms with Crippen molar-refractivity contribution in [2.45, 2.75) is 32.5 Å². The molecule has 1 fully saturated rings. The van der Waals surface area contributed by atoms with Gasteiger partial charge in [0.1, 0.15) is 4.88 Å². The average Bonchev–Trinajstić information content (AvgIpc) is 2.93. The molecule has 1 aliphatic rings. The smallest absolute Gasteiger partial charge is 0.379 e.